The monoisotopic (exact) mass is 400 g/mol. The summed E-state index contributed by atoms with van der Waals surface area (Å²) < 4.78 is 43.4. The molecule has 1 fully saturated rings. The lowest BCUT2D eigenvalue weighted by atomic mass is 10.1. The maximum atomic E-state index is 12.5. The Morgan fingerprint density at radius 2 is 1.96 bits per heavy atom. The first-order chi connectivity index (χ1) is 13.0. The van der Waals surface area contributed by atoms with Crippen LogP contribution in [0.5, 0.6) is 0 Å². The van der Waals surface area contributed by atoms with Gasteiger partial charge in [0.2, 0.25) is 0 Å². The van der Waals surface area contributed by atoms with Crippen molar-refractivity contribution in [3.63, 3.8) is 0 Å². The molecule has 1 unspecified atom stereocenters. The number of halogens is 3. The van der Waals surface area contributed by atoms with E-state index in [9.17, 15) is 13.2 Å². The van der Waals surface area contributed by atoms with E-state index in [1.165, 1.54) is 4.90 Å². The second kappa shape index (κ2) is 9.60. The molecule has 1 aromatic rings. The van der Waals surface area contributed by atoms with E-state index in [1.807, 2.05) is 39.0 Å². The van der Waals surface area contributed by atoms with Gasteiger partial charge in [-0.15, -0.1) is 0 Å². The van der Waals surface area contributed by atoms with Gasteiger partial charge in [-0.2, -0.15) is 13.2 Å². The molecule has 0 bridgehead atoms. The summed E-state index contributed by atoms with van der Waals surface area (Å²) in [5.41, 5.74) is 1.99. The molecule has 0 saturated carbocycles. The van der Waals surface area contributed by atoms with Crippen LogP contribution in [-0.4, -0.2) is 55.4 Å². The van der Waals surface area contributed by atoms with Crippen molar-refractivity contribution < 1.29 is 17.9 Å². The maximum absolute atomic E-state index is 12.5. The fourth-order valence-corrected chi connectivity index (χ4v) is 3.05. The van der Waals surface area contributed by atoms with Crippen LogP contribution in [0.4, 0.5) is 13.2 Å². The first kappa shape index (κ1) is 22.5. The van der Waals surface area contributed by atoms with Crippen molar-refractivity contribution in [2.24, 2.45) is 4.99 Å². The van der Waals surface area contributed by atoms with E-state index in [-0.39, 0.29) is 11.6 Å². The third-order valence-electron chi connectivity index (χ3n) is 4.36. The van der Waals surface area contributed by atoms with Crippen LogP contribution in [0.3, 0.4) is 0 Å². The number of rotatable bonds is 6. The van der Waals surface area contributed by atoms with E-state index in [0.29, 0.717) is 38.6 Å². The summed E-state index contributed by atoms with van der Waals surface area (Å²) in [6.45, 7) is 7.11. The van der Waals surface area contributed by atoms with Gasteiger partial charge in [0.1, 0.15) is 0 Å². The van der Waals surface area contributed by atoms with Crippen molar-refractivity contribution in [2.75, 3.05) is 26.7 Å². The molecule has 28 heavy (non-hydrogen) atoms. The minimum atomic E-state index is -4.16. The fourth-order valence-electron chi connectivity index (χ4n) is 3.05. The van der Waals surface area contributed by atoms with E-state index < -0.39 is 12.7 Å². The summed E-state index contributed by atoms with van der Waals surface area (Å²) in [4.78, 5) is 5.61. The molecule has 1 aliphatic rings. The predicted molar refractivity (Wildman–Crippen MR) is 105 cm³/mol. The van der Waals surface area contributed by atoms with E-state index in [1.54, 1.807) is 7.05 Å². The van der Waals surface area contributed by atoms with Gasteiger partial charge in [0, 0.05) is 32.7 Å². The van der Waals surface area contributed by atoms with Gasteiger partial charge in [-0.1, -0.05) is 24.3 Å². The molecule has 0 aromatic heterocycles. The van der Waals surface area contributed by atoms with Gasteiger partial charge in [-0.05, 0) is 38.3 Å². The van der Waals surface area contributed by atoms with Crippen LogP contribution < -0.4 is 10.6 Å². The summed E-state index contributed by atoms with van der Waals surface area (Å²) in [5.74, 6) is 0.593. The second-order valence-corrected chi connectivity index (χ2v) is 8.13. The summed E-state index contributed by atoms with van der Waals surface area (Å²) >= 11 is 0. The Morgan fingerprint density at radius 1 is 1.25 bits per heavy atom. The van der Waals surface area contributed by atoms with Gasteiger partial charge in [-0.3, -0.25) is 9.89 Å². The first-order valence-electron chi connectivity index (χ1n) is 9.52. The highest BCUT2D eigenvalue weighted by Gasteiger charge is 2.34. The molecule has 2 rings (SSSR count). The summed E-state index contributed by atoms with van der Waals surface area (Å²) in [6.07, 6.45) is -3.49. The molecule has 1 saturated heterocycles. The SMILES string of the molecule is CN=C(NCc1cccc(COC(C)(C)C)c1)NC1CCN(CC(F)(F)F)C1. The molecular formula is C20H31F3N4O. The Kier molecular flexibility index (Phi) is 7.71. The quantitative estimate of drug-likeness (QED) is 0.568. The van der Waals surface area contributed by atoms with Gasteiger partial charge in [0.15, 0.2) is 5.96 Å². The lowest BCUT2D eigenvalue weighted by Crippen LogP contribution is -2.44. The summed E-state index contributed by atoms with van der Waals surface area (Å²) in [6, 6.07) is 8.06. The van der Waals surface area contributed by atoms with E-state index in [0.717, 1.165) is 11.1 Å². The number of hydrogen-bond acceptors (Lipinski definition) is 3. The van der Waals surface area contributed by atoms with Crippen molar-refractivity contribution in [1.29, 1.82) is 0 Å². The number of likely N-dealkylation sites (tertiary alicyclic amines) is 1. The van der Waals surface area contributed by atoms with E-state index >= 15 is 0 Å². The molecule has 0 aliphatic carbocycles. The molecule has 158 valence electrons. The second-order valence-electron chi connectivity index (χ2n) is 8.13. The Balaban J connectivity index is 1.81. The zero-order chi connectivity index (χ0) is 20.8. The van der Waals surface area contributed by atoms with Crippen LogP contribution >= 0.6 is 0 Å². The van der Waals surface area contributed by atoms with E-state index in [4.69, 9.17) is 4.74 Å². The van der Waals surface area contributed by atoms with Gasteiger partial charge in [0.25, 0.3) is 0 Å². The third-order valence-corrected chi connectivity index (χ3v) is 4.36. The van der Waals surface area contributed by atoms with Gasteiger partial charge < -0.3 is 15.4 Å². The number of guanidine groups is 1. The van der Waals surface area contributed by atoms with Crippen molar-refractivity contribution in [3.8, 4) is 0 Å². The lowest BCUT2D eigenvalue weighted by molar-refractivity contribution is -0.143. The number of benzene rings is 1. The smallest absolute Gasteiger partial charge is 0.371 e. The molecule has 0 amide bonds. The van der Waals surface area contributed by atoms with Crippen molar-refractivity contribution in [1.82, 2.24) is 15.5 Å². The van der Waals surface area contributed by atoms with Crippen LogP contribution in [0.1, 0.15) is 38.3 Å². The highest BCUT2D eigenvalue weighted by atomic mass is 19.4. The summed E-state index contributed by atoms with van der Waals surface area (Å²) in [5, 5.41) is 6.45. The number of aliphatic imine (C=N–C) groups is 1. The fraction of sp³-hybridized carbons (Fsp3) is 0.650. The van der Waals surface area contributed by atoms with Crippen molar-refractivity contribution in [3.05, 3.63) is 35.4 Å². The number of hydrogen-bond donors (Lipinski definition) is 2. The molecular weight excluding hydrogens is 369 g/mol. The molecule has 8 heteroatoms. The van der Waals surface area contributed by atoms with E-state index in [2.05, 4.69) is 21.7 Å². The summed E-state index contributed by atoms with van der Waals surface area (Å²) in [7, 11) is 1.66. The van der Waals surface area contributed by atoms with Gasteiger partial charge in [0.05, 0.1) is 18.8 Å². The van der Waals surface area contributed by atoms with Crippen molar-refractivity contribution >= 4 is 5.96 Å². The third kappa shape index (κ3) is 8.48. The van der Waals surface area contributed by atoms with Crippen LogP contribution in [0, 0.1) is 0 Å². The average Bonchev–Trinajstić information content (AvgIpc) is 3.01. The number of ether oxygens (including phenoxy) is 1. The van der Waals surface area contributed by atoms with Crippen LogP contribution in [-0.2, 0) is 17.9 Å². The molecule has 0 radical (unpaired) electrons. The molecule has 1 atom stereocenters. The largest absolute Gasteiger partial charge is 0.401 e. The zero-order valence-corrected chi connectivity index (χ0v) is 17.1. The topological polar surface area (TPSA) is 48.9 Å². The van der Waals surface area contributed by atoms with Crippen LogP contribution in [0.25, 0.3) is 0 Å². The normalized spacial score (nSPS) is 19.1. The molecule has 1 aromatic carbocycles. The molecule has 0 spiro atoms. The van der Waals surface area contributed by atoms with Gasteiger partial charge in [-0.25, -0.2) is 0 Å². The highest BCUT2D eigenvalue weighted by molar-refractivity contribution is 5.80. The van der Waals surface area contributed by atoms with Crippen LogP contribution in [0.2, 0.25) is 0 Å². The zero-order valence-electron chi connectivity index (χ0n) is 17.1. The Morgan fingerprint density at radius 3 is 2.61 bits per heavy atom. The molecule has 1 aliphatic heterocycles. The Bertz CT molecular complexity index is 656. The maximum Gasteiger partial charge on any atom is 0.401 e. The number of nitrogens with zero attached hydrogens (tertiary/aromatic N) is 2. The van der Waals surface area contributed by atoms with Crippen molar-refractivity contribution in [2.45, 2.75) is 58.2 Å². The highest BCUT2D eigenvalue weighted by Crippen LogP contribution is 2.20. The standard InChI is InChI=1S/C20H31F3N4O/c1-19(2,3)28-13-16-7-5-6-15(10-16)11-25-18(24-4)26-17-8-9-27(12-17)14-20(21,22)23/h5-7,10,17H,8-9,11-14H2,1-4H3,(H2,24,25,26). The molecule has 5 nitrogen and oxygen atoms in total. The Hall–Kier alpha value is -1.80. The first-order valence-corrected chi connectivity index (χ1v) is 9.52. The lowest BCUT2D eigenvalue weighted by Gasteiger charge is -2.20. The Labute approximate surface area is 165 Å². The van der Waals surface area contributed by atoms with Crippen LogP contribution in [0.15, 0.2) is 29.3 Å². The minimum Gasteiger partial charge on any atom is -0.371 e. The predicted octanol–water partition coefficient (Wildman–Crippen LogP) is 3.30. The average molecular weight is 400 g/mol. The molecule has 1 heterocycles. The number of alkyl halides is 3. The van der Waals surface area contributed by atoms with Gasteiger partial charge >= 0.3 is 6.18 Å². The number of nitrogens with one attached hydrogen (secondary N) is 2. The molecule has 2 N–H and O–H groups in total. The minimum absolute atomic E-state index is 0.0416.